The third kappa shape index (κ3) is 3.68. The number of esters is 1. The second-order valence-electron chi connectivity index (χ2n) is 6.57. The fraction of sp³-hybridized carbons (Fsp3) is 0.316. The molecular formula is C19H20BrN5O2. The second kappa shape index (κ2) is 7.66. The molecule has 3 aromatic rings. The highest BCUT2D eigenvalue weighted by molar-refractivity contribution is 9.10. The molecule has 0 bridgehead atoms. The Bertz CT molecular complexity index is 959. The Kier molecular flexibility index (Phi) is 5.09. The van der Waals surface area contributed by atoms with E-state index in [1.165, 1.54) is 0 Å². The highest BCUT2D eigenvalue weighted by atomic mass is 79.9. The number of anilines is 1. The first kappa shape index (κ1) is 17.9. The van der Waals surface area contributed by atoms with Crippen molar-refractivity contribution in [2.45, 2.75) is 25.5 Å². The van der Waals surface area contributed by atoms with E-state index in [4.69, 9.17) is 10.5 Å². The van der Waals surface area contributed by atoms with Crippen LogP contribution in [0.25, 0.3) is 5.52 Å². The Balaban J connectivity index is 1.48. The molecule has 0 aliphatic carbocycles. The molecular weight excluding hydrogens is 410 g/mol. The molecule has 8 heteroatoms. The number of carbonyl (C=O) groups excluding carboxylic acids is 1. The molecule has 3 heterocycles. The minimum atomic E-state index is -0.230. The molecule has 1 saturated heterocycles. The van der Waals surface area contributed by atoms with Gasteiger partial charge >= 0.3 is 5.97 Å². The Morgan fingerprint density at radius 3 is 2.96 bits per heavy atom. The van der Waals surface area contributed by atoms with Gasteiger partial charge in [-0.3, -0.25) is 14.1 Å². The van der Waals surface area contributed by atoms with Gasteiger partial charge in [0.15, 0.2) is 5.82 Å². The number of ether oxygens (including phenoxy) is 1. The summed E-state index contributed by atoms with van der Waals surface area (Å²) < 4.78 is 8.06. The van der Waals surface area contributed by atoms with Crippen molar-refractivity contribution in [3.8, 4) is 0 Å². The van der Waals surface area contributed by atoms with Crippen molar-refractivity contribution in [3.63, 3.8) is 0 Å². The lowest BCUT2D eigenvalue weighted by molar-refractivity contribution is -0.146. The van der Waals surface area contributed by atoms with Gasteiger partial charge in [-0.15, -0.1) is 0 Å². The molecule has 140 valence electrons. The van der Waals surface area contributed by atoms with Crippen molar-refractivity contribution in [2.75, 3.05) is 18.8 Å². The van der Waals surface area contributed by atoms with Crippen LogP contribution >= 0.6 is 15.9 Å². The summed E-state index contributed by atoms with van der Waals surface area (Å²) in [5.74, 6) is 1.06. The lowest BCUT2D eigenvalue weighted by atomic mass is 10.2. The Morgan fingerprint density at radius 1 is 1.33 bits per heavy atom. The molecule has 1 atom stereocenters. The average Bonchev–Trinajstić information content (AvgIpc) is 3.26. The van der Waals surface area contributed by atoms with Gasteiger partial charge in [0.1, 0.15) is 22.6 Å². The number of hydrogen-bond acceptors (Lipinski definition) is 6. The standard InChI is InChI=1S/C19H20BrN5O2/c20-17-16-18(21)22-8-10-25(16)19(23-17)14-7-4-9-24(14)11-15(26)27-12-13-5-2-1-3-6-13/h1-3,5-6,8,10,14H,4,7,9,11-12H2,(H2,21,22)/t14-/m0/s1. The Morgan fingerprint density at radius 2 is 2.15 bits per heavy atom. The first-order valence-corrected chi connectivity index (χ1v) is 9.64. The minimum Gasteiger partial charge on any atom is -0.460 e. The molecule has 1 aromatic carbocycles. The van der Waals surface area contributed by atoms with Crippen LogP contribution in [-0.2, 0) is 16.1 Å². The van der Waals surface area contributed by atoms with Gasteiger partial charge in [-0.25, -0.2) is 9.97 Å². The lowest BCUT2D eigenvalue weighted by Crippen LogP contribution is -2.31. The van der Waals surface area contributed by atoms with Gasteiger partial charge in [-0.2, -0.15) is 0 Å². The highest BCUT2D eigenvalue weighted by Crippen LogP contribution is 2.34. The fourth-order valence-electron chi connectivity index (χ4n) is 3.54. The number of carbonyl (C=O) groups is 1. The van der Waals surface area contributed by atoms with Gasteiger partial charge in [0.2, 0.25) is 0 Å². The van der Waals surface area contributed by atoms with E-state index in [0.717, 1.165) is 36.3 Å². The number of hydrogen-bond donors (Lipinski definition) is 1. The quantitative estimate of drug-likeness (QED) is 0.627. The predicted octanol–water partition coefficient (Wildman–Crippen LogP) is 2.95. The van der Waals surface area contributed by atoms with Gasteiger partial charge in [-0.1, -0.05) is 30.3 Å². The number of imidazole rings is 1. The van der Waals surface area contributed by atoms with Gasteiger partial charge < -0.3 is 10.5 Å². The molecule has 0 saturated carbocycles. The van der Waals surface area contributed by atoms with Crippen molar-refractivity contribution >= 4 is 33.2 Å². The first-order valence-electron chi connectivity index (χ1n) is 8.85. The topological polar surface area (TPSA) is 85.8 Å². The largest absolute Gasteiger partial charge is 0.460 e. The molecule has 1 aliphatic rings. The van der Waals surface area contributed by atoms with E-state index in [1.54, 1.807) is 6.20 Å². The monoisotopic (exact) mass is 429 g/mol. The molecule has 0 unspecified atom stereocenters. The maximum atomic E-state index is 12.3. The number of benzene rings is 1. The van der Waals surface area contributed by atoms with E-state index in [0.29, 0.717) is 10.4 Å². The smallest absolute Gasteiger partial charge is 0.320 e. The average molecular weight is 430 g/mol. The second-order valence-corrected chi connectivity index (χ2v) is 7.32. The van der Waals surface area contributed by atoms with Crippen LogP contribution in [0, 0.1) is 0 Å². The van der Waals surface area contributed by atoms with E-state index in [1.807, 2.05) is 40.9 Å². The van der Waals surface area contributed by atoms with E-state index in [-0.39, 0.29) is 25.2 Å². The van der Waals surface area contributed by atoms with E-state index in [9.17, 15) is 4.79 Å². The molecule has 1 aliphatic heterocycles. The molecule has 7 nitrogen and oxygen atoms in total. The zero-order chi connectivity index (χ0) is 18.8. The van der Waals surface area contributed by atoms with Crippen LogP contribution in [-0.4, -0.2) is 38.3 Å². The van der Waals surface area contributed by atoms with Crippen LogP contribution < -0.4 is 5.73 Å². The summed E-state index contributed by atoms with van der Waals surface area (Å²) in [6, 6.07) is 9.73. The van der Waals surface area contributed by atoms with Gasteiger partial charge in [-0.05, 0) is 40.9 Å². The maximum Gasteiger partial charge on any atom is 0.320 e. The van der Waals surface area contributed by atoms with Gasteiger partial charge in [0, 0.05) is 12.4 Å². The number of aromatic nitrogens is 3. The van der Waals surface area contributed by atoms with Crippen molar-refractivity contribution in [2.24, 2.45) is 0 Å². The summed E-state index contributed by atoms with van der Waals surface area (Å²) >= 11 is 3.48. The molecule has 0 spiro atoms. The Labute approximate surface area is 165 Å². The van der Waals surface area contributed by atoms with E-state index >= 15 is 0 Å². The van der Waals surface area contributed by atoms with Crippen LogP contribution in [0.5, 0.6) is 0 Å². The van der Waals surface area contributed by atoms with Gasteiger partial charge in [0.05, 0.1) is 12.6 Å². The molecule has 4 rings (SSSR count). The van der Waals surface area contributed by atoms with Crippen molar-refractivity contribution in [3.05, 3.63) is 58.7 Å². The van der Waals surface area contributed by atoms with Gasteiger partial charge in [0.25, 0.3) is 0 Å². The van der Waals surface area contributed by atoms with E-state index in [2.05, 4.69) is 30.8 Å². The van der Waals surface area contributed by atoms with Crippen LogP contribution in [0.3, 0.4) is 0 Å². The van der Waals surface area contributed by atoms with Crippen LogP contribution in [0.15, 0.2) is 47.3 Å². The highest BCUT2D eigenvalue weighted by Gasteiger charge is 2.32. The fourth-order valence-corrected chi connectivity index (χ4v) is 4.11. The van der Waals surface area contributed by atoms with E-state index < -0.39 is 0 Å². The molecule has 27 heavy (non-hydrogen) atoms. The molecule has 0 radical (unpaired) electrons. The maximum absolute atomic E-state index is 12.3. The summed E-state index contributed by atoms with van der Waals surface area (Å²) in [6.07, 6.45) is 5.44. The molecule has 2 aromatic heterocycles. The predicted molar refractivity (Wildman–Crippen MR) is 105 cm³/mol. The number of nitrogens with two attached hydrogens (primary N) is 1. The normalized spacial score (nSPS) is 17.4. The summed E-state index contributed by atoms with van der Waals surface area (Å²) in [5, 5.41) is 0. The first-order chi connectivity index (χ1) is 13.1. The van der Waals surface area contributed by atoms with Crippen molar-refractivity contribution < 1.29 is 9.53 Å². The van der Waals surface area contributed by atoms with Crippen LogP contribution in [0.4, 0.5) is 5.82 Å². The van der Waals surface area contributed by atoms with Crippen molar-refractivity contribution in [1.29, 1.82) is 0 Å². The third-order valence-corrected chi connectivity index (χ3v) is 5.36. The number of fused-ring (bicyclic) bond motifs is 1. The van der Waals surface area contributed by atoms with Crippen molar-refractivity contribution in [1.82, 2.24) is 19.3 Å². The summed E-state index contributed by atoms with van der Waals surface area (Å²) in [7, 11) is 0. The van der Waals surface area contributed by atoms with Crippen LogP contribution in [0.1, 0.15) is 30.3 Å². The molecule has 2 N–H and O–H groups in total. The lowest BCUT2D eigenvalue weighted by Gasteiger charge is -2.22. The van der Waals surface area contributed by atoms with Crippen LogP contribution in [0.2, 0.25) is 0 Å². The summed E-state index contributed by atoms with van der Waals surface area (Å²) in [4.78, 5) is 23.2. The number of rotatable bonds is 5. The number of likely N-dealkylation sites (tertiary alicyclic amines) is 1. The number of halogens is 1. The SMILES string of the molecule is Nc1nccn2c([C@@H]3CCCN3CC(=O)OCc3ccccc3)nc(Br)c12. The number of nitrogen functional groups attached to an aromatic ring is 1. The summed E-state index contributed by atoms with van der Waals surface area (Å²) in [5.41, 5.74) is 7.73. The molecule has 0 amide bonds. The Hall–Kier alpha value is -2.45. The zero-order valence-corrected chi connectivity index (χ0v) is 16.3. The number of nitrogens with zero attached hydrogens (tertiary/aromatic N) is 4. The molecule has 1 fully saturated rings. The minimum absolute atomic E-state index is 0.0369. The third-order valence-electron chi connectivity index (χ3n) is 4.80. The zero-order valence-electron chi connectivity index (χ0n) is 14.7. The summed E-state index contributed by atoms with van der Waals surface area (Å²) in [6.45, 7) is 1.36.